The molecule has 0 aliphatic rings. The van der Waals surface area contributed by atoms with Gasteiger partial charge in [0.05, 0.1) is 0 Å². The lowest BCUT2D eigenvalue weighted by atomic mass is 10.2. The van der Waals surface area contributed by atoms with Crippen molar-refractivity contribution >= 4 is 18.1 Å². The van der Waals surface area contributed by atoms with Crippen LogP contribution >= 0.6 is 12.4 Å². The summed E-state index contributed by atoms with van der Waals surface area (Å²) >= 11 is 0. The number of hydrogen-bond acceptors (Lipinski definition) is 1. The Labute approximate surface area is 72.0 Å². The Kier molecular flexibility index (Phi) is 3.90. The molecule has 1 N–H and O–H groups in total. The normalized spacial score (nSPS) is 8.64. The Morgan fingerprint density at radius 2 is 2.00 bits per heavy atom. The fourth-order valence-corrected chi connectivity index (χ4v) is 0.908. The summed E-state index contributed by atoms with van der Waals surface area (Å²) in [4.78, 5) is 0. The maximum Gasteiger partial charge on any atom is 0.123 e. The van der Waals surface area contributed by atoms with Gasteiger partial charge in [-0.05, 0) is 30.7 Å². The Bertz CT molecular complexity index is 238. The van der Waals surface area contributed by atoms with E-state index in [1.165, 1.54) is 12.1 Å². The lowest BCUT2D eigenvalue weighted by Gasteiger charge is -2.02. The highest BCUT2D eigenvalue weighted by Crippen LogP contribution is 2.13. The molecule has 0 spiro atoms. The van der Waals surface area contributed by atoms with Gasteiger partial charge in [-0.3, -0.25) is 0 Å². The number of anilines is 1. The molecular formula is C8H11ClFN. The maximum absolute atomic E-state index is 12.5. The average molecular weight is 176 g/mol. The first-order valence-electron chi connectivity index (χ1n) is 3.18. The van der Waals surface area contributed by atoms with Crippen LogP contribution in [0.4, 0.5) is 10.1 Å². The second kappa shape index (κ2) is 4.19. The first kappa shape index (κ1) is 10.2. The predicted molar refractivity (Wildman–Crippen MR) is 47.9 cm³/mol. The van der Waals surface area contributed by atoms with Crippen LogP contribution in [0.5, 0.6) is 0 Å². The number of hydrogen-bond donors (Lipinski definition) is 1. The molecule has 11 heavy (non-hydrogen) atoms. The monoisotopic (exact) mass is 175 g/mol. The van der Waals surface area contributed by atoms with E-state index in [1.54, 1.807) is 6.07 Å². The summed E-state index contributed by atoms with van der Waals surface area (Å²) < 4.78 is 12.5. The number of rotatable bonds is 1. The molecule has 0 amide bonds. The number of aryl methyl sites for hydroxylation is 1. The molecule has 0 heterocycles. The first-order valence-corrected chi connectivity index (χ1v) is 3.18. The van der Waals surface area contributed by atoms with Gasteiger partial charge in [0.2, 0.25) is 0 Å². The topological polar surface area (TPSA) is 12.0 Å². The van der Waals surface area contributed by atoms with E-state index in [0.29, 0.717) is 0 Å². The molecule has 0 radical (unpaired) electrons. The fraction of sp³-hybridized carbons (Fsp3) is 0.250. The molecule has 0 atom stereocenters. The molecule has 62 valence electrons. The van der Waals surface area contributed by atoms with Crippen LogP contribution in [0.3, 0.4) is 0 Å². The second-order valence-electron chi connectivity index (χ2n) is 2.21. The van der Waals surface area contributed by atoms with E-state index in [-0.39, 0.29) is 18.2 Å². The summed E-state index contributed by atoms with van der Waals surface area (Å²) in [6.45, 7) is 1.87. The molecule has 0 aromatic heterocycles. The zero-order valence-corrected chi connectivity index (χ0v) is 7.33. The Morgan fingerprint density at radius 1 is 1.36 bits per heavy atom. The van der Waals surface area contributed by atoms with E-state index >= 15 is 0 Å². The van der Waals surface area contributed by atoms with Crippen molar-refractivity contribution in [2.45, 2.75) is 6.92 Å². The maximum atomic E-state index is 12.5. The third-order valence-corrected chi connectivity index (χ3v) is 1.46. The molecule has 0 bridgehead atoms. The molecule has 0 aliphatic carbocycles. The van der Waals surface area contributed by atoms with Crippen LogP contribution in [-0.4, -0.2) is 7.05 Å². The van der Waals surface area contributed by atoms with Gasteiger partial charge >= 0.3 is 0 Å². The van der Waals surface area contributed by atoms with Gasteiger partial charge in [0, 0.05) is 12.7 Å². The molecule has 1 rings (SSSR count). The van der Waals surface area contributed by atoms with Crippen molar-refractivity contribution in [2.24, 2.45) is 0 Å². The van der Waals surface area contributed by atoms with Gasteiger partial charge in [-0.2, -0.15) is 0 Å². The summed E-state index contributed by atoms with van der Waals surface area (Å²) in [5.41, 5.74) is 1.91. The number of halogens is 2. The quantitative estimate of drug-likeness (QED) is 0.692. The highest BCUT2D eigenvalue weighted by Gasteiger charge is 1.95. The van der Waals surface area contributed by atoms with Crippen LogP contribution in [0.25, 0.3) is 0 Å². The van der Waals surface area contributed by atoms with Crippen molar-refractivity contribution in [2.75, 3.05) is 12.4 Å². The van der Waals surface area contributed by atoms with E-state index in [0.717, 1.165) is 11.3 Å². The zero-order chi connectivity index (χ0) is 7.56. The van der Waals surface area contributed by atoms with E-state index in [9.17, 15) is 4.39 Å². The highest BCUT2D eigenvalue weighted by atomic mass is 35.5. The van der Waals surface area contributed by atoms with Crippen LogP contribution in [0.1, 0.15) is 5.56 Å². The van der Waals surface area contributed by atoms with Gasteiger partial charge < -0.3 is 5.32 Å². The average Bonchev–Trinajstić information content (AvgIpc) is 1.88. The Morgan fingerprint density at radius 3 is 2.45 bits per heavy atom. The third-order valence-electron chi connectivity index (χ3n) is 1.46. The lowest BCUT2D eigenvalue weighted by molar-refractivity contribution is 0.627. The first-order chi connectivity index (χ1) is 4.74. The van der Waals surface area contributed by atoms with Gasteiger partial charge in [0.1, 0.15) is 5.82 Å². The van der Waals surface area contributed by atoms with E-state index in [4.69, 9.17) is 0 Å². The number of nitrogens with one attached hydrogen (secondary N) is 1. The van der Waals surface area contributed by atoms with Gasteiger partial charge in [0.25, 0.3) is 0 Å². The summed E-state index contributed by atoms with van der Waals surface area (Å²) in [5.74, 6) is -0.184. The van der Waals surface area contributed by atoms with Crippen molar-refractivity contribution in [3.63, 3.8) is 0 Å². The molecule has 0 unspecified atom stereocenters. The van der Waals surface area contributed by atoms with Crippen LogP contribution in [0.15, 0.2) is 18.2 Å². The molecule has 3 heteroatoms. The van der Waals surface area contributed by atoms with Crippen LogP contribution in [0, 0.1) is 12.7 Å². The Hall–Kier alpha value is -0.760. The zero-order valence-electron chi connectivity index (χ0n) is 6.52. The fourth-order valence-electron chi connectivity index (χ4n) is 0.908. The smallest absolute Gasteiger partial charge is 0.123 e. The minimum atomic E-state index is -0.184. The summed E-state index contributed by atoms with van der Waals surface area (Å²) in [7, 11) is 1.82. The lowest BCUT2D eigenvalue weighted by Crippen LogP contribution is -1.91. The Balaban J connectivity index is 0.000001000. The van der Waals surface area contributed by atoms with Gasteiger partial charge in [-0.1, -0.05) is 0 Å². The molecule has 1 nitrogen and oxygen atoms in total. The van der Waals surface area contributed by atoms with Crippen LogP contribution in [0.2, 0.25) is 0 Å². The molecule has 1 aromatic rings. The third kappa shape index (κ3) is 2.39. The van der Waals surface area contributed by atoms with Gasteiger partial charge in [0.15, 0.2) is 0 Å². The van der Waals surface area contributed by atoms with E-state index in [1.807, 2.05) is 14.0 Å². The van der Waals surface area contributed by atoms with E-state index in [2.05, 4.69) is 5.32 Å². The summed E-state index contributed by atoms with van der Waals surface area (Å²) in [5, 5.41) is 2.96. The molecule has 0 fully saturated rings. The van der Waals surface area contributed by atoms with E-state index < -0.39 is 0 Å². The minimum absolute atomic E-state index is 0. The summed E-state index contributed by atoms with van der Waals surface area (Å²) in [6.07, 6.45) is 0. The van der Waals surface area contributed by atoms with Gasteiger partial charge in [-0.15, -0.1) is 12.4 Å². The molecule has 1 aromatic carbocycles. The SMILES string of the molecule is CNc1ccc(F)cc1C.Cl. The molecule has 0 saturated carbocycles. The van der Waals surface area contributed by atoms with Crippen molar-refractivity contribution < 1.29 is 4.39 Å². The predicted octanol–water partition coefficient (Wildman–Crippen LogP) is 2.60. The standard InChI is InChI=1S/C8H10FN.ClH/c1-6-5-7(9)3-4-8(6)10-2;/h3-5,10H,1-2H3;1H. The molecular weight excluding hydrogens is 165 g/mol. The molecule has 0 saturated heterocycles. The van der Waals surface area contributed by atoms with Crippen LogP contribution in [-0.2, 0) is 0 Å². The molecule has 0 aliphatic heterocycles. The van der Waals surface area contributed by atoms with Crippen molar-refractivity contribution in [3.05, 3.63) is 29.6 Å². The van der Waals surface area contributed by atoms with Crippen LogP contribution < -0.4 is 5.32 Å². The highest BCUT2D eigenvalue weighted by molar-refractivity contribution is 5.85. The number of benzene rings is 1. The van der Waals surface area contributed by atoms with Crippen molar-refractivity contribution in [3.8, 4) is 0 Å². The minimum Gasteiger partial charge on any atom is -0.388 e. The van der Waals surface area contributed by atoms with Crippen molar-refractivity contribution in [1.82, 2.24) is 0 Å². The summed E-state index contributed by atoms with van der Waals surface area (Å²) in [6, 6.07) is 4.68. The largest absolute Gasteiger partial charge is 0.388 e. The van der Waals surface area contributed by atoms with Crippen molar-refractivity contribution in [1.29, 1.82) is 0 Å². The van der Waals surface area contributed by atoms with Gasteiger partial charge in [-0.25, -0.2) is 4.39 Å². The second-order valence-corrected chi connectivity index (χ2v) is 2.21.